The number of carbonyl (C=O) groups is 1. The van der Waals surface area contributed by atoms with Gasteiger partial charge in [0, 0.05) is 26.7 Å². The molecule has 0 aromatic heterocycles. The number of hydrogen-bond acceptors (Lipinski definition) is 4. The predicted molar refractivity (Wildman–Crippen MR) is 93.8 cm³/mol. The third kappa shape index (κ3) is 2.95. The number of halogens is 1. The molecule has 5 nitrogen and oxygen atoms in total. The average Bonchev–Trinajstić information content (AvgIpc) is 2.98. The van der Waals surface area contributed by atoms with E-state index in [2.05, 4.69) is 4.90 Å². The SMILES string of the molecule is COc1ccc(CN2CC[C@]3(CCCN(C)C3=O)C2)c(Cl)c1OC. The summed E-state index contributed by atoms with van der Waals surface area (Å²) in [7, 11) is 5.11. The van der Waals surface area contributed by atoms with Crippen molar-refractivity contribution >= 4 is 17.5 Å². The van der Waals surface area contributed by atoms with Crippen LogP contribution in [-0.4, -0.2) is 56.6 Å². The van der Waals surface area contributed by atoms with Crippen LogP contribution in [0.15, 0.2) is 12.1 Å². The Morgan fingerprint density at radius 2 is 2.00 bits per heavy atom. The van der Waals surface area contributed by atoms with Crippen LogP contribution in [0.3, 0.4) is 0 Å². The maximum Gasteiger partial charge on any atom is 0.229 e. The monoisotopic (exact) mass is 352 g/mol. The summed E-state index contributed by atoms with van der Waals surface area (Å²) in [5.74, 6) is 1.50. The summed E-state index contributed by atoms with van der Waals surface area (Å²) in [6.07, 6.45) is 3.01. The molecule has 2 aliphatic rings. The Hall–Kier alpha value is -1.46. The Kier molecular flexibility index (Phi) is 4.92. The van der Waals surface area contributed by atoms with E-state index in [-0.39, 0.29) is 5.41 Å². The van der Waals surface area contributed by atoms with Crippen LogP contribution in [0.25, 0.3) is 0 Å². The molecule has 2 aliphatic heterocycles. The van der Waals surface area contributed by atoms with Crippen LogP contribution in [0.5, 0.6) is 11.5 Å². The number of rotatable bonds is 4. The van der Waals surface area contributed by atoms with Crippen molar-refractivity contribution in [2.45, 2.75) is 25.8 Å². The van der Waals surface area contributed by atoms with Crippen molar-refractivity contribution in [3.63, 3.8) is 0 Å². The maximum atomic E-state index is 12.6. The first-order valence-electron chi connectivity index (χ1n) is 8.38. The fourth-order valence-electron chi connectivity index (χ4n) is 4.03. The summed E-state index contributed by atoms with van der Waals surface area (Å²) in [5, 5.41) is 0.588. The van der Waals surface area contributed by atoms with Crippen molar-refractivity contribution in [1.29, 1.82) is 0 Å². The van der Waals surface area contributed by atoms with E-state index in [4.69, 9.17) is 21.1 Å². The van der Waals surface area contributed by atoms with Gasteiger partial charge in [-0.25, -0.2) is 0 Å². The number of methoxy groups -OCH3 is 2. The lowest BCUT2D eigenvalue weighted by Gasteiger charge is -2.37. The first kappa shape index (κ1) is 17.4. The van der Waals surface area contributed by atoms with E-state index in [1.807, 2.05) is 24.1 Å². The normalized spacial score (nSPS) is 24.7. The van der Waals surface area contributed by atoms with Crippen molar-refractivity contribution in [2.75, 3.05) is 40.9 Å². The molecule has 1 aromatic rings. The summed E-state index contributed by atoms with van der Waals surface area (Å²) in [6, 6.07) is 3.86. The lowest BCUT2D eigenvalue weighted by Crippen LogP contribution is -2.48. The minimum absolute atomic E-state index is 0.198. The second-order valence-electron chi connectivity index (χ2n) is 6.85. The second-order valence-corrected chi connectivity index (χ2v) is 7.22. The van der Waals surface area contributed by atoms with E-state index < -0.39 is 0 Å². The third-order valence-electron chi connectivity index (χ3n) is 5.34. The van der Waals surface area contributed by atoms with Crippen molar-refractivity contribution in [1.82, 2.24) is 9.80 Å². The van der Waals surface area contributed by atoms with Crippen LogP contribution in [0.1, 0.15) is 24.8 Å². The zero-order valence-electron chi connectivity index (χ0n) is 14.6. The smallest absolute Gasteiger partial charge is 0.229 e. The van der Waals surface area contributed by atoms with E-state index in [0.717, 1.165) is 51.0 Å². The summed E-state index contributed by atoms with van der Waals surface area (Å²) < 4.78 is 10.7. The van der Waals surface area contributed by atoms with Gasteiger partial charge >= 0.3 is 0 Å². The number of ether oxygens (including phenoxy) is 2. The number of likely N-dealkylation sites (tertiary alicyclic amines) is 2. The van der Waals surface area contributed by atoms with Gasteiger partial charge in [0.05, 0.1) is 24.7 Å². The number of carbonyl (C=O) groups excluding carboxylic acids is 1. The first-order valence-corrected chi connectivity index (χ1v) is 8.76. The molecule has 0 bridgehead atoms. The molecule has 132 valence electrons. The Labute approximate surface area is 148 Å². The molecular formula is C18H25ClN2O3. The quantitative estimate of drug-likeness (QED) is 0.835. The van der Waals surface area contributed by atoms with Gasteiger partial charge in [-0.05, 0) is 37.4 Å². The topological polar surface area (TPSA) is 42.0 Å². The zero-order valence-corrected chi connectivity index (χ0v) is 15.4. The number of nitrogens with zero attached hydrogens (tertiary/aromatic N) is 2. The van der Waals surface area contributed by atoms with Crippen molar-refractivity contribution < 1.29 is 14.3 Å². The molecule has 3 rings (SSSR count). The average molecular weight is 353 g/mol. The van der Waals surface area contributed by atoms with Crippen LogP contribution in [0.4, 0.5) is 0 Å². The molecule has 6 heteroatoms. The lowest BCUT2D eigenvalue weighted by molar-refractivity contribution is -0.143. The molecule has 0 saturated carbocycles. The van der Waals surface area contributed by atoms with Gasteiger partial charge in [-0.2, -0.15) is 0 Å². The van der Waals surface area contributed by atoms with Crippen LogP contribution in [-0.2, 0) is 11.3 Å². The molecule has 0 unspecified atom stereocenters. The highest BCUT2D eigenvalue weighted by Gasteiger charge is 2.47. The van der Waals surface area contributed by atoms with Crippen molar-refractivity contribution in [2.24, 2.45) is 5.41 Å². The van der Waals surface area contributed by atoms with Crippen LogP contribution in [0.2, 0.25) is 5.02 Å². The molecule has 2 heterocycles. The Morgan fingerprint density at radius 3 is 2.71 bits per heavy atom. The zero-order chi connectivity index (χ0) is 17.3. The predicted octanol–water partition coefficient (Wildman–Crippen LogP) is 2.80. The second kappa shape index (κ2) is 6.81. The summed E-state index contributed by atoms with van der Waals surface area (Å²) >= 11 is 6.49. The Balaban J connectivity index is 1.75. The van der Waals surface area contributed by atoms with Gasteiger partial charge in [-0.1, -0.05) is 17.7 Å². The van der Waals surface area contributed by atoms with E-state index in [9.17, 15) is 4.79 Å². The van der Waals surface area contributed by atoms with Crippen LogP contribution >= 0.6 is 11.6 Å². The molecule has 1 atom stereocenters. The standard InChI is InChI=1S/C18H25ClN2O3/c1-20-9-4-7-18(17(20)22)8-10-21(12-18)11-13-5-6-14(23-2)16(24-3)15(13)19/h5-6H,4,7-12H2,1-3H3/t18-/m1/s1. The van der Waals surface area contributed by atoms with Gasteiger partial charge < -0.3 is 14.4 Å². The number of hydrogen-bond donors (Lipinski definition) is 0. The molecule has 0 N–H and O–H groups in total. The van der Waals surface area contributed by atoms with Gasteiger partial charge in [0.1, 0.15) is 0 Å². The molecule has 2 saturated heterocycles. The minimum atomic E-state index is -0.198. The number of piperidine rings is 1. The Bertz CT molecular complexity index is 637. The fourth-order valence-corrected chi connectivity index (χ4v) is 4.33. The van der Waals surface area contributed by atoms with Crippen LogP contribution < -0.4 is 9.47 Å². The van der Waals surface area contributed by atoms with Gasteiger partial charge in [0.25, 0.3) is 0 Å². The number of benzene rings is 1. The summed E-state index contributed by atoms with van der Waals surface area (Å²) in [5.41, 5.74) is 0.804. The first-order chi connectivity index (χ1) is 11.5. The molecule has 0 radical (unpaired) electrons. The number of amides is 1. The van der Waals surface area contributed by atoms with Gasteiger partial charge in [-0.3, -0.25) is 9.69 Å². The molecule has 1 amide bonds. The molecule has 0 aliphatic carbocycles. The molecule has 24 heavy (non-hydrogen) atoms. The highest BCUT2D eigenvalue weighted by Crippen LogP contribution is 2.42. The van der Waals surface area contributed by atoms with E-state index in [1.54, 1.807) is 14.2 Å². The largest absolute Gasteiger partial charge is 0.493 e. The van der Waals surface area contributed by atoms with E-state index in [1.165, 1.54) is 0 Å². The van der Waals surface area contributed by atoms with E-state index >= 15 is 0 Å². The summed E-state index contributed by atoms with van der Waals surface area (Å²) in [4.78, 5) is 16.8. The third-order valence-corrected chi connectivity index (χ3v) is 5.76. The van der Waals surface area contributed by atoms with Gasteiger partial charge in [-0.15, -0.1) is 0 Å². The van der Waals surface area contributed by atoms with Gasteiger partial charge in [0.2, 0.25) is 5.91 Å². The lowest BCUT2D eigenvalue weighted by atomic mass is 9.78. The highest BCUT2D eigenvalue weighted by atomic mass is 35.5. The van der Waals surface area contributed by atoms with Gasteiger partial charge in [0.15, 0.2) is 11.5 Å². The van der Waals surface area contributed by atoms with Crippen molar-refractivity contribution in [3.05, 3.63) is 22.7 Å². The summed E-state index contributed by atoms with van der Waals surface area (Å²) in [6.45, 7) is 3.32. The molecule has 1 spiro atoms. The molecule has 2 fully saturated rings. The van der Waals surface area contributed by atoms with Crippen LogP contribution in [0, 0.1) is 5.41 Å². The van der Waals surface area contributed by atoms with E-state index in [0.29, 0.717) is 22.4 Å². The molecule has 1 aromatic carbocycles. The Morgan fingerprint density at radius 1 is 1.21 bits per heavy atom. The molecular weight excluding hydrogens is 328 g/mol. The van der Waals surface area contributed by atoms with Crippen molar-refractivity contribution in [3.8, 4) is 11.5 Å². The minimum Gasteiger partial charge on any atom is -0.493 e. The fraction of sp³-hybridized carbons (Fsp3) is 0.611. The highest BCUT2D eigenvalue weighted by molar-refractivity contribution is 6.33. The maximum absolute atomic E-state index is 12.6.